The summed E-state index contributed by atoms with van der Waals surface area (Å²) in [5.74, 6) is 6.15. The van der Waals surface area contributed by atoms with E-state index < -0.39 is 6.04 Å². The Balaban J connectivity index is 1.48. The zero-order valence-electron chi connectivity index (χ0n) is 22.0. The highest BCUT2D eigenvalue weighted by Gasteiger charge is 2.24. The van der Waals surface area contributed by atoms with Crippen molar-refractivity contribution < 1.29 is 4.79 Å². The number of amides is 1. The van der Waals surface area contributed by atoms with Crippen molar-refractivity contribution in [2.24, 2.45) is 7.05 Å². The summed E-state index contributed by atoms with van der Waals surface area (Å²) in [6.45, 7) is 3.56. The molecule has 0 spiro atoms. The molecule has 0 unspecified atom stereocenters. The number of benzene rings is 2. The van der Waals surface area contributed by atoms with Crippen LogP contribution >= 0.6 is 0 Å². The molecule has 40 heavy (non-hydrogen) atoms. The Morgan fingerprint density at radius 2 is 1.80 bits per heavy atom. The number of aromatic nitrogens is 7. The number of carbonyl (C=O) groups excluding carboxylic acids is 1. The quantitative estimate of drug-likeness (QED) is 0.351. The molecule has 0 saturated heterocycles. The second-order valence-electron chi connectivity index (χ2n) is 9.31. The molecule has 196 valence electrons. The highest BCUT2D eigenvalue weighted by Crippen LogP contribution is 2.21. The fourth-order valence-corrected chi connectivity index (χ4v) is 4.68. The number of hydrogen-bond donors (Lipinski definition) is 1. The summed E-state index contributed by atoms with van der Waals surface area (Å²) in [4.78, 5) is 36.8. The third-order valence-electron chi connectivity index (χ3n) is 6.51. The van der Waals surface area contributed by atoms with Crippen LogP contribution in [0.25, 0.3) is 22.2 Å². The minimum Gasteiger partial charge on any atom is -0.342 e. The maximum Gasteiger partial charge on any atom is 0.267 e. The van der Waals surface area contributed by atoms with E-state index in [0.29, 0.717) is 50.6 Å². The fourth-order valence-electron chi connectivity index (χ4n) is 4.68. The lowest BCUT2D eigenvalue weighted by molar-refractivity contribution is 0.0938. The lowest BCUT2D eigenvalue weighted by Crippen LogP contribution is -2.33. The number of fused-ring (bicyclic) bond motifs is 2. The molecule has 6 rings (SSSR count). The van der Waals surface area contributed by atoms with E-state index in [-0.39, 0.29) is 11.5 Å². The van der Waals surface area contributed by atoms with Gasteiger partial charge >= 0.3 is 0 Å². The molecule has 1 atom stereocenters. The normalized spacial score (nSPS) is 11.8. The molecule has 4 aromatic heterocycles. The van der Waals surface area contributed by atoms with Crippen LogP contribution < -0.4 is 10.9 Å². The number of para-hydroxylation sites is 1. The van der Waals surface area contributed by atoms with E-state index >= 15 is 0 Å². The summed E-state index contributed by atoms with van der Waals surface area (Å²) in [6, 6.07) is 17.5. The molecule has 0 radical (unpaired) electrons. The lowest BCUT2D eigenvalue weighted by atomic mass is 10.1. The van der Waals surface area contributed by atoms with Gasteiger partial charge in [-0.05, 0) is 56.2 Å². The maximum atomic E-state index is 14.1. The molecule has 4 heterocycles. The zero-order chi connectivity index (χ0) is 27.8. The molecular formula is C30H24N8O2. The molecule has 10 nitrogen and oxygen atoms in total. The second kappa shape index (κ2) is 9.96. The monoisotopic (exact) mass is 528 g/mol. The molecule has 2 aromatic carbocycles. The van der Waals surface area contributed by atoms with Gasteiger partial charge in [0.05, 0.1) is 28.3 Å². The highest BCUT2D eigenvalue weighted by atomic mass is 16.2. The molecule has 10 heteroatoms. The Bertz CT molecular complexity index is 2030. The van der Waals surface area contributed by atoms with Crippen LogP contribution in [0, 0.1) is 18.8 Å². The van der Waals surface area contributed by atoms with Gasteiger partial charge in [0.15, 0.2) is 5.65 Å². The average Bonchev–Trinajstić information content (AvgIpc) is 3.53. The van der Waals surface area contributed by atoms with E-state index in [1.807, 2.05) is 55.7 Å². The lowest BCUT2D eigenvalue weighted by Gasteiger charge is -2.20. The van der Waals surface area contributed by atoms with Crippen molar-refractivity contribution in [1.82, 2.24) is 39.2 Å². The summed E-state index contributed by atoms with van der Waals surface area (Å²) >= 11 is 0. The van der Waals surface area contributed by atoms with Gasteiger partial charge in [-0.25, -0.2) is 14.5 Å². The average molecular weight is 529 g/mol. The van der Waals surface area contributed by atoms with E-state index in [9.17, 15) is 9.59 Å². The van der Waals surface area contributed by atoms with E-state index in [2.05, 4.69) is 32.3 Å². The van der Waals surface area contributed by atoms with Crippen LogP contribution in [0.3, 0.4) is 0 Å². The van der Waals surface area contributed by atoms with Crippen molar-refractivity contribution in [3.63, 3.8) is 0 Å². The topological polar surface area (TPSA) is 112 Å². The molecular weight excluding hydrogens is 504 g/mol. The van der Waals surface area contributed by atoms with Gasteiger partial charge in [-0.2, -0.15) is 10.2 Å². The largest absolute Gasteiger partial charge is 0.342 e. The first-order chi connectivity index (χ1) is 19.4. The van der Waals surface area contributed by atoms with Crippen LogP contribution in [-0.2, 0) is 7.05 Å². The Kier molecular flexibility index (Phi) is 6.16. The van der Waals surface area contributed by atoms with Gasteiger partial charge < -0.3 is 5.32 Å². The van der Waals surface area contributed by atoms with Crippen molar-refractivity contribution in [2.45, 2.75) is 19.9 Å². The van der Waals surface area contributed by atoms with Crippen molar-refractivity contribution >= 4 is 22.5 Å². The van der Waals surface area contributed by atoms with Gasteiger partial charge in [-0.15, -0.1) is 0 Å². The number of nitrogens with one attached hydrogen (secondary N) is 1. The van der Waals surface area contributed by atoms with E-state index in [0.717, 1.165) is 0 Å². The van der Waals surface area contributed by atoms with Crippen LogP contribution in [0.2, 0.25) is 0 Å². The smallest absolute Gasteiger partial charge is 0.267 e. The van der Waals surface area contributed by atoms with E-state index in [1.165, 1.54) is 4.57 Å². The minimum atomic E-state index is -0.633. The summed E-state index contributed by atoms with van der Waals surface area (Å²) in [7, 11) is 1.82. The number of rotatable bonds is 4. The maximum absolute atomic E-state index is 14.1. The van der Waals surface area contributed by atoms with Crippen molar-refractivity contribution in [1.29, 1.82) is 0 Å². The molecule has 0 aliphatic heterocycles. The molecule has 0 aliphatic rings. The molecule has 0 saturated carbocycles. The number of carbonyl (C=O) groups is 1. The zero-order valence-corrected chi connectivity index (χ0v) is 22.0. The summed E-state index contributed by atoms with van der Waals surface area (Å²) in [5.41, 5.74) is 3.33. The molecule has 1 N–H and O–H groups in total. The standard InChI is InChI=1S/C30H24N8O2/c1-19-25(28-31-16-8-17-37(28)34-19)29(39)32-20(2)27-33-24-12-7-9-21(13-14-22-15-18-36(3)35-22)26(24)30(40)38(27)23-10-5-4-6-11-23/h4-12,15-18,20H,1-3H3,(H,32,39)/t20-/m1/s1. The van der Waals surface area contributed by atoms with Gasteiger partial charge in [0.2, 0.25) is 0 Å². The Morgan fingerprint density at radius 1 is 0.975 bits per heavy atom. The Labute approximate surface area is 228 Å². The van der Waals surface area contributed by atoms with Crippen LogP contribution in [0.5, 0.6) is 0 Å². The number of hydrogen-bond acceptors (Lipinski definition) is 6. The number of aryl methyl sites for hydroxylation is 2. The van der Waals surface area contributed by atoms with Gasteiger partial charge in [0.25, 0.3) is 11.5 Å². The third kappa shape index (κ3) is 4.39. The first-order valence-electron chi connectivity index (χ1n) is 12.6. The summed E-state index contributed by atoms with van der Waals surface area (Å²) in [6.07, 6.45) is 5.16. The minimum absolute atomic E-state index is 0.285. The first-order valence-corrected chi connectivity index (χ1v) is 12.6. The number of nitrogens with zero attached hydrogens (tertiary/aromatic N) is 7. The van der Waals surface area contributed by atoms with E-state index in [1.54, 1.807) is 53.6 Å². The van der Waals surface area contributed by atoms with Gasteiger partial charge in [0, 0.05) is 31.2 Å². The van der Waals surface area contributed by atoms with Crippen LogP contribution in [-0.4, -0.2) is 39.8 Å². The van der Waals surface area contributed by atoms with Gasteiger partial charge in [0.1, 0.15) is 17.1 Å². The predicted molar refractivity (Wildman–Crippen MR) is 150 cm³/mol. The second-order valence-corrected chi connectivity index (χ2v) is 9.31. The Morgan fingerprint density at radius 3 is 2.58 bits per heavy atom. The van der Waals surface area contributed by atoms with Crippen LogP contribution in [0.15, 0.2) is 84.0 Å². The molecule has 0 aliphatic carbocycles. The fraction of sp³-hybridized carbons (Fsp3) is 0.133. The highest BCUT2D eigenvalue weighted by molar-refractivity contribution is 6.01. The molecule has 6 aromatic rings. The van der Waals surface area contributed by atoms with Gasteiger partial charge in [-0.1, -0.05) is 30.2 Å². The van der Waals surface area contributed by atoms with Crippen LogP contribution in [0.4, 0.5) is 0 Å². The molecule has 1 amide bonds. The van der Waals surface area contributed by atoms with Crippen molar-refractivity contribution in [3.05, 3.63) is 118 Å². The predicted octanol–water partition coefficient (Wildman–Crippen LogP) is 3.36. The summed E-state index contributed by atoms with van der Waals surface area (Å²) < 4.78 is 4.76. The summed E-state index contributed by atoms with van der Waals surface area (Å²) in [5, 5.41) is 12.1. The molecule has 0 fully saturated rings. The first kappa shape index (κ1) is 24.8. The Hall–Kier alpha value is -5.56. The van der Waals surface area contributed by atoms with Crippen LogP contribution in [0.1, 0.15) is 46.1 Å². The van der Waals surface area contributed by atoms with E-state index in [4.69, 9.17) is 4.98 Å². The van der Waals surface area contributed by atoms with Crippen molar-refractivity contribution in [2.75, 3.05) is 0 Å². The van der Waals surface area contributed by atoms with Gasteiger partial charge in [-0.3, -0.25) is 18.8 Å². The third-order valence-corrected chi connectivity index (χ3v) is 6.51. The molecule has 0 bridgehead atoms. The van der Waals surface area contributed by atoms with Crippen molar-refractivity contribution in [3.8, 4) is 17.5 Å². The SMILES string of the molecule is Cc1nn2cccnc2c1C(=O)N[C@H](C)c1nc2cccc(C#Cc3ccn(C)n3)c2c(=O)n1-c1ccccc1.